The molecule has 0 bridgehead atoms. The first-order chi connectivity index (χ1) is 15.7. The molecular formula is C22H15ClF4N4OS. The van der Waals surface area contributed by atoms with Crippen LogP contribution in [-0.2, 0) is 11.9 Å². The molecule has 170 valence electrons. The van der Waals surface area contributed by atoms with Crippen LogP contribution in [0.25, 0.3) is 16.9 Å². The largest absolute Gasteiger partial charge is 0.419 e. The van der Waals surface area contributed by atoms with E-state index in [0.717, 1.165) is 36.7 Å². The molecule has 0 aliphatic heterocycles. The number of benzene rings is 2. The summed E-state index contributed by atoms with van der Waals surface area (Å²) in [5.74, 6) is -1.23. The van der Waals surface area contributed by atoms with Gasteiger partial charge in [0.15, 0.2) is 16.3 Å². The maximum Gasteiger partial charge on any atom is 0.419 e. The van der Waals surface area contributed by atoms with E-state index in [-0.39, 0.29) is 22.9 Å². The third-order valence-electron chi connectivity index (χ3n) is 5.30. The van der Waals surface area contributed by atoms with Gasteiger partial charge in [-0.25, -0.2) is 14.4 Å². The van der Waals surface area contributed by atoms with Gasteiger partial charge in [-0.1, -0.05) is 29.4 Å². The number of hydrogen-bond donors (Lipinski definition) is 0. The molecule has 0 saturated heterocycles. The van der Waals surface area contributed by atoms with Crippen molar-refractivity contribution in [2.45, 2.75) is 36.0 Å². The fourth-order valence-corrected chi connectivity index (χ4v) is 4.58. The van der Waals surface area contributed by atoms with Crippen LogP contribution in [0.2, 0.25) is 5.02 Å². The Balaban J connectivity index is 1.56. The van der Waals surface area contributed by atoms with Crippen molar-refractivity contribution >= 4 is 34.5 Å². The minimum Gasteiger partial charge on any atom is -0.312 e. The van der Waals surface area contributed by atoms with E-state index in [1.165, 1.54) is 10.6 Å². The molecule has 0 unspecified atom stereocenters. The van der Waals surface area contributed by atoms with Gasteiger partial charge in [-0.3, -0.25) is 9.36 Å². The molecule has 11 heteroatoms. The van der Waals surface area contributed by atoms with Gasteiger partial charge >= 0.3 is 6.18 Å². The molecule has 5 nitrogen and oxygen atoms in total. The number of fused-ring (bicyclic) bond motifs is 1. The molecule has 0 N–H and O–H groups in total. The highest BCUT2D eigenvalue weighted by atomic mass is 35.5. The number of halogens is 5. The third kappa shape index (κ3) is 4.24. The zero-order chi connectivity index (χ0) is 23.3. The number of aromatic nitrogens is 4. The van der Waals surface area contributed by atoms with Crippen molar-refractivity contribution in [3.05, 3.63) is 81.1 Å². The zero-order valence-electron chi connectivity index (χ0n) is 16.8. The SMILES string of the molecule is O=c1c2ncn(C3CC3)c2nc(SCc2ccc(C(F)(F)F)c(F)c2)n1-c1ccc(Cl)cc1. The summed E-state index contributed by atoms with van der Waals surface area (Å²) in [4.78, 5) is 22.3. The minimum absolute atomic E-state index is 0.109. The van der Waals surface area contributed by atoms with Gasteiger partial charge in [0.2, 0.25) is 0 Å². The van der Waals surface area contributed by atoms with E-state index < -0.39 is 17.6 Å². The van der Waals surface area contributed by atoms with E-state index in [0.29, 0.717) is 27.1 Å². The summed E-state index contributed by atoms with van der Waals surface area (Å²) in [6.45, 7) is 0. The lowest BCUT2D eigenvalue weighted by Gasteiger charge is -2.13. The molecule has 1 saturated carbocycles. The van der Waals surface area contributed by atoms with E-state index >= 15 is 0 Å². The molecule has 1 aliphatic carbocycles. The summed E-state index contributed by atoms with van der Waals surface area (Å²) >= 11 is 7.10. The van der Waals surface area contributed by atoms with Gasteiger partial charge < -0.3 is 4.57 Å². The van der Waals surface area contributed by atoms with Crippen molar-refractivity contribution in [2.24, 2.45) is 0 Å². The Hall–Kier alpha value is -2.85. The van der Waals surface area contributed by atoms with Crippen LogP contribution >= 0.6 is 23.4 Å². The Bertz CT molecular complexity index is 1410. The Kier molecular flexibility index (Phi) is 5.44. The molecule has 2 aromatic heterocycles. The van der Waals surface area contributed by atoms with Gasteiger partial charge in [0.25, 0.3) is 5.56 Å². The second kappa shape index (κ2) is 8.18. The van der Waals surface area contributed by atoms with Crippen molar-refractivity contribution in [1.29, 1.82) is 0 Å². The van der Waals surface area contributed by atoms with Crippen LogP contribution in [0, 0.1) is 5.82 Å². The molecule has 2 aromatic carbocycles. The first kappa shape index (κ1) is 22.0. The van der Waals surface area contributed by atoms with Crippen molar-refractivity contribution in [3.8, 4) is 5.69 Å². The van der Waals surface area contributed by atoms with Crippen LogP contribution in [0.3, 0.4) is 0 Å². The van der Waals surface area contributed by atoms with Crippen LogP contribution in [-0.4, -0.2) is 19.1 Å². The summed E-state index contributed by atoms with van der Waals surface area (Å²) in [5, 5.41) is 0.811. The predicted molar refractivity (Wildman–Crippen MR) is 117 cm³/mol. The number of imidazole rings is 1. The molecule has 33 heavy (non-hydrogen) atoms. The maximum atomic E-state index is 14.0. The second-order valence-corrected chi connectivity index (χ2v) is 9.05. The summed E-state index contributed by atoms with van der Waals surface area (Å²) in [5.41, 5.74) is -0.167. The average Bonchev–Trinajstić information content (AvgIpc) is 3.51. The van der Waals surface area contributed by atoms with Crippen molar-refractivity contribution in [2.75, 3.05) is 0 Å². The Labute approximate surface area is 194 Å². The van der Waals surface area contributed by atoms with Crippen molar-refractivity contribution in [1.82, 2.24) is 19.1 Å². The lowest BCUT2D eigenvalue weighted by Crippen LogP contribution is -2.22. The molecular weight excluding hydrogens is 480 g/mol. The molecule has 0 atom stereocenters. The average molecular weight is 495 g/mol. The van der Waals surface area contributed by atoms with Crippen molar-refractivity contribution in [3.63, 3.8) is 0 Å². The molecule has 4 aromatic rings. The molecule has 2 heterocycles. The molecule has 1 aliphatic rings. The number of thioether (sulfide) groups is 1. The number of hydrogen-bond acceptors (Lipinski definition) is 4. The summed E-state index contributed by atoms with van der Waals surface area (Å²) < 4.78 is 55.8. The highest BCUT2D eigenvalue weighted by molar-refractivity contribution is 7.98. The van der Waals surface area contributed by atoms with E-state index in [2.05, 4.69) is 9.97 Å². The van der Waals surface area contributed by atoms with Crippen LogP contribution in [0.1, 0.15) is 30.0 Å². The second-order valence-electron chi connectivity index (χ2n) is 7.67. The van der Waals surface area contributed by atoms with Crippen LogP contribution < -0.4 is 5.56 Å². The topological polar surface area (TPSA) is 52.7 Å². The highest BCUT2D eigenvalue weighted by Crippen LogP contribution is 2.37. The summed E-state index contributed by atoms with van der Waals surface area (Å²) in [6.07, 6.45) is -1.22. The lowest BCUT2D eigenvalue weighted by atomic mass is 10.1. The van der Waals surface area contributed by atoms with E-state index in [1.54, 1.807) is 30.6 Å². The first-order valence-electron chi connectivity index (χ1n) is 9.96. The predicted octanol–water partition coefficient (Wildman–Crippen LogP) is 6.02. The van der Waals surface area contributed by atoms with Gasteiger partial charge in [0.1, 0.15) is 5.82 Å². The van der Waals surface area contributed by atoms with E-state index in [9.17, 15) is 22.4 Å². The fraction of sp³-hybridized carbons (Fsp3) is 0.227. The maximum absolute atomic E-state index is 14.0. The summed E-state index contributed by atoms with van der Waals surface area (Å²) in [6, 6.07) is 9.63. The van der Waals surface area contributed by atoms with Crippen molar-refractivity contribution < 1.29 is 17.6 Å². The Morgan fingerprint density at radius 1 is 1.12 bits per heavy atom. The standard InChI is InChI=1S/C22H15ClF4N4OS/c23-13-2-4-15(5-3-13)31-20(32)18-19(30(11-28-18)14-6-7-14)29-21(31)33-10-12-1-8-16(17(24)9-12)22(25,26)27/h1-5,8-9,11,14H,6-7,10H2. The zero-order valence-corrected chi connectivity index (χ0v) is 18.4. The number of nitrogens with zero attached hydrogens (tertiary/aromatic N) is 4. The molecule has 1 fully saturated rings. The first-order valence-corrected chi connectivity index (χ1v) is 11.3. The van der Waals surface area contributed by atoms with Crippen LogP contribution in [0.5, 0.6) is 0 Å². The monoisotopic (exact) mass is 494 g/mol. The van der Waals surface area contributed by atoms with Crippen LogP contribution in [0.4, 0.5) is 17.6 Å². The molecule has 0 radical (unpaired) electrons. The van der Waals surface area contributed by atoms with E-state index in [1.807, 2.05) is 4.57 Å². The smallest absolute Gasteiger partial charge is 0.312 e. The minimum atomic E-state index is -4.77. The van der Waals surface area contributed by atoms with Gasteiger partial charge in [-0.15, -0.1) is 0 Å². The normalized spacial score (nSPS) is 14.2. The molecule has 0 spiro atoms. The van der Waals surface area contributed by atoms with Gasteiger partial charge in [0.05, 0.1) is 17.6 Å². The molecule has 0 amide bonds. The summed E-state index contributed by atoms with van der Waals surface area (Å²) in [7, 11) is 0. The third-order valence-corrected chi connectivity index (χ3v) is 6.56. The van der Waals surface area contributed by atoms with Gasteiger partial charge in [-0.2, -0.15) is 13.2 Å². The van der Waals surface area contributed by atoms with Gasteiger partial charge in [0, 0.05) is 16.8 Å². The lowest BCUT2D eigenvalue weighted by molar-refractivity contribution is -0.140. The quantitative estimate of drug-likeness (QED) is 0.193. The Morgan fingerprint density at radius 2 is 1.85 bits per heavy atom. The Morgan fingerprint density at radius 3 is 2.48 bits per heavy atom. The highest BCUT2D eigenvalue weighted by Gasteiger charge is 2.34. The fourth-order valence-electron chi connectivity index (χ4n) is 3.51. The van der Waals surface area contributed by atoms with Crippen LogP contribution in [0.15, 0.2) is 58.7 Å². The molecule has 5 rings (SSSR count). The number of rotatable bonds is 5. The van der Waals surface area contributed by atoms with Gasteiger partial charge in [-0.05, 0) is 54.8 Å². The number of alkyl halides is 3. The van der Waals surface area contributed by atoms with E-state index in [4.69, 9.17) is 11.6 Å².